The van der Waals surface area contributed by atoms with Crippen LogP contribution in [-0.4, -0.2) is 101 Å². The lowest BCUT2D eigenvalue weighted by atomic mass is 9.77. The molecular weight excluding hydrogens is 604 g/mol. The summed E-state index contributed by atoms with van der Waals surface area (Å²) in [6, 6.07) is 2.67. The Kier molecular flexibility index (Phi) is 11.1. The molecule has 2 aliphatic rings. The summed E-state index contributed by atoms with van der Waals surface area (Å²) < 4.78 is 144. The molecule has 2 aliphatic heterocycles. The van der Waals surface area contributed by atoms with E-state index in [2.05, 4.69) is 4.98 Å². The first kappa shape index (κ1) is 35.1. The van der Waals surface area contributed by atoms with E-state index in [9.17, 15) is 52.3 Å². The van der Waals surface area contributed by atoms with Gasteiger partial charge >= 0.3 is 39.8 Å². The van der Waals surface area contributed by atoms with Gasteiger partial charge in [-0.25, -0.2) is 27.4 Å². The number of carbonyl (C=O) groups is 2. The second-order valence-corrected chi connectivity index (χ2v) is 10.4. The molecule has 10 nitrogen and oxygen atoms in total. The zero-order valence-electron chi connectivity index (χ0n) is 20.0. The number of aliphatic carboxylic acids is 2. The van der Waals surface area contributed by atoms with Crippen molar-refractivity contribution in [3.05, 3.63) is 24.1 Å². The normalized spacial score (nSPS) is 19.8. The van der Waals surface area contributed by atoms with E-state index in [1.54, 1.807) is 7.05 Å². The summed E-state index contributed by atoms with van der Waals surface area (Å²) in [7, 11) is -3.53. The van der Waals surface area contributed by atoms with Crippen LogP contribution in [0.5, 0.6) is 5.88 Å². The maximum Gasteiger partial charge on any atom is 0.511 e. The van der Waals surface area contributed by atoms with Crippen molar-refractivity contribution in [2.24, 2.45) is 5.92 Å². The van der Waals surface area contributed by atoms with Gasteiger partial charge in [-0.2, -0.15) is 43.8 Å². The van der Waals surface area contributed by atoms with E-state index in [4.69, 9.17) is 24.5 Å². The number of carboxylic acids is 2. The molecule has 3 rings (SSSR count). The number of sulfonamides is 1. The number of ether oxygens (including phenoxy) is 1. The summed E-state index contributed by atoms with van der Waals surface area (Å²) in [5.41, 5.74) is -5.94. The van der Waals surface area contributed by atoms with Crippen molar-refractivity contribution in [1.29, 1.82) is 0 Å². The summed E-state index contributed by atoms with van der Waals surface area (Å²) in [6.45, 7) is 0.355. The zero-order chi connectivity index (χ0) is 31.3. The molecule has 0 aromatic carbocycles. The first-order valence-electron chi connectivity index (χ1n) is 10.6. The van der Waals surface area contributed by atoms with Crippen LogP contribution in [0.3, 0.4) is 0 Å². The van der Waals surface area contributed by atoms with Crippen molar-refractivity contribution >= 4 is 22.0 Å². The number of likely N-dealkylation sites (tertiary alicyclic amines) is 1. The van der Waals surface area contributed by atoms with Gasteiger partial charge in [0, 0.05) is 24.8 Å². The minimum atomic E-state index is -5.30. The number of hydrogen-bond donors (Lipinski definition) is 2. The third-order valence-corrected chi connectivity index (χ3v) is 7.11. The Morgan fingerprint density at radius 1 is 1.05 bits per heavy atom. The first-order valence-corrected chi connectivity index (χ1v) is 12.0. The molecule has 2 saturated heterocycles. The average Bonchev–Trinajstić information content (AvgIpc) is 2.76. The fourth-order valence-corrected chi connectivity index (χ4v) is 4.64. The van der Waals surface area contributed by atoms with E-state index >= 15 is 0 Å². The van der Waals surface area contributed by atoms with E-state index < -0.39 is 51.2 Å². The predicted octanol–water partition coefficient (Wildman–Crippen LogP) is 3.11. The van der Waals surface area contributed by atoms with E-state index in [0.717, 1.165) is 6.42 Å². The van der Waals surface area contributed by atoms with E-state index in [0.29, 0.717) is 17.3 Å². The van der Waals surface area contributed by atoms with Crippen LogP contribution in [0.1, 0.15) is 12.8 Å². The molecule has 1 aromatic heterocycles. The Morgan fingerprint density at radius 2 is 1.52 bits per heavy atom. The van der Waals surface area contributed by atoms with Crippen molar-refractivity contribution in [1.82, 2.24) is 14.2 Å². The molecule has 1 atom stereocenters. The number of rotatable bonds is 4. The third kappa shape index (κ3) is 9.32. The number of likely N-dealkylation sites (N-methyl/N-ethyl adjacent to an activating group) is 1. The van der Waals surface area contributed by atoms with Crippen LogP contribution in [0.2, 0.25) is 0 Å². The van der Waals surface area contributed by atoms with Crippen molar-refractivity contribution in [3.8, 4) is 5.88 Å². The number of piperidine rings is 1. The highest BCUT2D eigenvalue weighted by atomic mass is 32.2. The molecule has 2 N–H and O–H groups in total. The number of nitrogens with zero attached hydrogens (tertiary/aromatic N) is 3. The highest BCUT2D eigenvalue weighted by Gasteiger charge is 2.60. The third-order valence-electron chi connectivity index (χ3n) is 5.59. The first-order chi connectivity index (χ1) is 17.9. The maximum atomic E-state index is 13.6. The maximum absolute atomic E-state index is 13.6. The Balaban J connectivity index is 0.000000473. The molecule has 1 unspecified atom stereocenters. The number of carboxylic acid groups (broad SMARTS) is 2. The Bertz CT molecular complexity index is 1110. The van der Waals surface area contributed by atoms with Gasteiger partial charge in [-0.05, 0) is 44.5 Å². The van der Waals surface area contributed by atoms with Crippen LogP contribution in [0, 0.1) is 11.7 Å². The fourth-order valence-electron chi connectivity index (χ4n) is 3.52. The van der Waals surface area contributed by atoms with E-state index in [1.807, 2.05) is 4.90 Å². The molecule has 0 amide bonds. The summed E-state index contributed by atoms with van der Waals surface area (Å²) in [6.07, 6.45) is -7.57. The molecule has 0 radical (unpaired) electrons. The lowest BCUT2D eigenvalue weighted by molar-refractivity contribution is -0.193. The molecule has 230 valence electrons. The quantitative estimate of drug-likeness (QED) is 0.484. The van der Waals surface area contributed by atoms with Crippen molar-refractivity contribution in [3.63, 3.8) is 0 Å². The topological polar surface area (TPSA) is 137 Å². The van der Waals surface area contributed by atoms with Crippen LogP contribution < -0.4 is 4.74 Å². The van der Waals surface area contributed by atoms with Gasteiger partial charge in [0.1, 0.15) is 0 Å². The average molecular weight is 625 g/mol. The van der Waals surface area contributed by atoms with Crippen molar-refractivity contribution < 1.29 is 76.9 Å². The van der Waals surface area contributed by atoms with Gasteiger partial charge in [-0.15, -0.1) is 0 Å². The molecule has 0 bridgehead atoms. The summed E-state index contributed by atoms with van der Waals surface area (Å²) >= 11 is 0. The monoisotopic (exact) mass is 625 g/mol. The van der Waals surface area contributed by atoms with Crippen LogP contribution in [0.4, 0.5) is 43.9 Å². The minimum absolute atomic E-state index is 0.0247. The molecule has 1 aromatic rings. The number of pyridine rings is 1. The van der Waals surface area contributed by atoms with Gasteiger partial charge in [-0.3, -0.25) is 4.90 Å². The standard InChI is InChI=1S/C15H19F4N3O3S.2C2HF3O2/c1-21-6-4-11(8-25-13-12(16)3-2-5-20-13)7-14(21)9-22(10-14)26(23,24)15(17,18)19;2*3-2(4,5)1(6)7/h2-3,5,11H,4,6-10H2,1H3;2*(H,6,7). The summed E-state index contributed by atoms with van der Waals surface area (Å²) in [5.74, 6) is -6.24. The SMILES string of the molecule is CN1CCC(COc2ncccc2F)CC12CN(S(=O)(=O)C(F)(F)F)C2.O=C(O)C(F)(F)F.O=C(O)C(F)(F)F. The summed E-state index contributed by atoms with van der Waals surface area (Å²) in [5, 5.41) is 14.2. The molecule has 2 fully saturated rings. The van der Waals surface area contributed by atoms with Crippen molar-refractivity contribution in [2.75, 3.05) is 33.3 Å². The Morgan fingerprint density at radius 3 is 1.93 bits per heavy atom. The molecule has 40 heavy (non-hydrogen) atoms. The molecule has 3 heterocycles. The van der Waals surface area contributed by atoms with E-state index in [1.165, 1.54) is 18.3 Å². The summed E-state index contributed by atoms with van der Waals surface area (Å²) in [4.78, 5) is 23.5. The second kappa shape index (κ2) is 12.7. The van der Waals surface area contributed by atoms with Crippen LogP contribution in [-0.2, 0) is 19.6 Å². The Labute approximate surface area is 219 Å². The van der Waals surface area contributed by atoms with E-state index in [-0.39, 0.29) is 31.5 Å². The van der Waals surface area contributed by atoms with Gasteiger partial charge in [0.05, 0.1) is 6.61 Å². The Hall–Kier alpha value is -2.94. The minimum Gasteiger partial charge on any atom is -0.475 e. The van der Waals surface area contributed by atoms with Gasteiger partial charge in [0.25, 0.3) is 0 Å². The zero-order valence-corrected chi connectivity index (χ0v) is 20.8. The number of halogens is 10. The molecule has 1 spiro atoms. The van der Waals surface area contributed by atoms with Crippen LogP contribution in [0.25, 0.3) is 0 Å². The predicted molar refractivity (Wildman–Crippen MR) is 112 cm³/mol. The van der Waals surface area contributed by atoms with Gasteiger partial charge in [-0.1, -0.05) is 0 Å². The van der Waals surface area contributed by atoms with Gasteiger partial charge in [0.2, 0.25) is 5.88 Å². The lowest BCUT2D eigenvalue weighted by Gasteiger charge is -2.57. The lowest BCUT2D eigenvalue weighted by Crippen LogP contribution is -2.73. The molecule has 0 aliphatic carbocycles. The molecular formula is C19H21F10N3O7S. The van der Waals surface area contributed by atoms with Crippen LogP contribution in [0.15, 0.2) is 18.3 Å². The smallest absolute Gasteiger partial charge is 0.475 e. The van der Waals surface area contributed by atoms with Crippen molar-refractivity contribution in [2.45, 2.75) is 36.2 Å². The van der Waals surface area contributed by atoms with Gasteiger partial charge < -0.3 is 14.9 Å². The fraction of sp³-hybridized carbons (Fsp3) is 0.632. The van der Waals surface area contributed by atoms with Gasteiger partial charge in [0.15, 0.2) is 5.82 Å². The molecule has 21 heteroatoms. The number of alkyl halides is 9. The van der Waals surface area contributed by atoms with Crippen LogP contribution >= 0.6 is 0 Å². The number of aromatic nitrogens is 1. The number of hydrogen-bond acceptors (Lipinski definition) is 7. The second-order valence-electron chi connectivity index (χ2n) is 8.43. The highest BCUT2D eigenvalue weighted by molar-refractivity contribution is 7.90. The highest BCUT2D eigenvalue weighted by Crippen LogP contribution is 2.42. The largest absolute Gasteiger partial charge is 0.511 e. The molecule has 0 saturated carbocycles.